The normalized spacial score (nSPS) is 15.4. The number of piperazine rings is 1. The Kier molecular flexibility index (Phi) is 4.68. The summed E-state index contributed by atoms with van der Waals surface area (Å²) < 4.78 is 16.7. The zero-order chi connectivity index (χ0) is 20.0. The lowest BCUT2D eigenvalue weighted by atomic mass is 10.1. The maximum absolute atomic E-state index is 14.9. The molecule has 3 aromatic rings. The average molecular weight is 401 g/mol. The Hall–Kier alpha value is -2.71. The van der Waals surface area contributed by atoms with E-state index in [1.54, 1.807) is 15.8 Å². The summed E-state index contributed by atoms with van der Waals surface area (Å²) in [5, 5.41) is 11.4. The van der Waals surface area contributed by atoms with Gasteiger partial charge in [-0.05, 0) is 19.1 Å². The number of carbonyl (C=O) groups is 1. The number of benzene rings is 1. The topological polar surface area (TPSA) is 65.3 Å². The van der Waals surface area contributed by atoms with Gasteiger partial charge in [0.2, 0.25) is 5.43 Å². The number of nitrogens with zero attached hydrogens (tertiary/aromatic N) is 3. The first-order chi connectivity index (χ1) is 13.4. The van der Waals surface area contributed by atoms with Crippen molar-refractivity contribution in [2.75, 3.05) is 37.6 Å². The van der Waals surface area contributed by atoms with Crippen LogP contribution < -0.4 is 10.3 Å². The smallest absolute Gasteiger partial charge is 0.342 e. The number of hydrogen-bond donors (Lipinski definition) is 1. The predicted molar refractivity (Wildman–Crippen MR) is 110 cm³/mol. The summed E-state index contributed by atoms with van der Waals surface area (Å²) in [7, 11) is 0. The number of hydrogen-bond acceptors (Lipinski definition) is 5. The first kappa shape index (κ1) is 18.6. The van der Waals surface area contributed by atoms with E-state index in [2.05, 4.69) is 11.5 Å². The molecule has 0 radical (unpaired) electrons. The molecule has 0 unspecified atom stereocenters. The molecule has 1 aliphatic heterocycles. The van der Waals surface area contributed by atoms with E-state index < -0.39 is 17.2 Å². The van der Waals surface area contributed by atoms with Gasteiger partial charge in [-0.25, -0.2) is 9.18 Å². The number of halogens is 1. The zero-order valence-corrected chi connectivity index (χ0v) is 16.3. The molecule has 1 aromatic carbocycles. The van der Waals surface area contributed by atoms with E-state index in [0.29, 0.717) is 29.1 Å². The number of anilines is 1. The Morgan fingerprint density at radius 1 is 1.32 bits per heavy atom. The molecule has 4 rings (SSSR count). The molecular weight excluding hydrogens is 381 g/mol. The van der Waals surface area contributed by atoms with Gasteiger partial charge in [-0.2, -0.15) is 0 Å². The van der Waals surface area contributed by atoms with Gasteiger partial charge in [-0.1, -0.05) is 6.08 Å². The average Bonchev–Trinajstić information content (AvgIpc) is 3.04. The van der Waals surface area contributed by atoms with Crippen molar-refractivity contribution < 1.29 is 14.3 Å². The van der Waals surface area contributed by atoms with Gasteiger partial charge in [0.05, 0.1) is 16.6 Å². The van der Waals surface area contributed by atoms with E-state index in [9.17, 15) is 19.1 Å². The van der Waals surface area contributed by atoms with Crippen LogP contribution in [0.5, 0.6) is 0 Å². The van der Waals surface area contributed by atoms with Crippen molar-refractivity contribution in [3.8, 4) is 0 Å². The standard InChI is InChI=1S/C20H20FN3O3S/c1-3-4-22-5-7-23(8-6-22)16-10-15-13(9-14(16)21)18(25)17(20(26)27)19-24(15)12(2)11-28-19/h3,9-11H,1,4-8H2,2H3,(H,26,27). The van der Waals surface area contributed by atoms with Crippen LogP contribution >= 0.6 is 11.3 Å². The van der Waals surface area contributed by atoms with Crippen LogP contribution in [0.25, 0.3) is 15.7 Å². The SMILES string of the molecule is C=CCN1CCN(c2cc3c(cc2F)c(=O)c(C(=O)O)c2scc(C)n23)CC1. The molecule has 146 valence electrons. The zero-order valence-electron chi connectivity index (χ0n) is 15.4. The van der Waals surface area contributed by atoms with Gasteiger partial charge in [0.1, 0.15) is 16.2 Å². The van der Waals surface area contributed by atoms with Crippen LogP contribution in [0.1, 0.15) is 16.1 Å². The first-order valence-corrected chi connectivity index (χ1v) is 9.88. The van der Waals surface area contributed by atoms with Crippen molar-refractivity contribution in [3.63, 3.8) is 0 Å². The molecule has 1 saturated heterocycles. The Morgan fingerprint density at radius 3 is 2.68 bits per heavy atom. The maximum Gasteiger partial charge on any atom is 0.342 e. The van der Waals surface area contributed by atoms with Crippen molar-refractivity contribution in [3.05, 3.63) is 57.5 Å². The minimum atomic E-state index is -1.30. The second kappa shape index (κ2) is 7.03. The Labute approximate surface area is 164 Å². The molecule has 3 heterocycles. The van der Waals surface area contributed by atoms with E-state index in [1.807, 2.05) is 17.9 Å². The third-order valence-corrected chi connectivity index (χ3v) is 6.27. The van der Waals surface area contributed by atoms with E-state index in [4.69, 9.17) is 0 Å². The molecule has 0 spiro atoms. The number of carboxylic acid groups (broad SMARTS) is 1. The first-order valence-electron chi connectivity index (χ1n) is 9.00. The summed E-state index contributed by atoms with van der Waals surface area (Å²) in [5.74, 6) is -1.81. The second-order valence-electron chi connectivity index (χ2n) is 6.92. The second-order valence-corrected chi connectivity index (χ2v) is 7.78. The number of aryl methyl sites for hydroxylation is 1. The van der Waals surface area contributed by atoms with Crippen LogP contribution in [-0.4, -0.2) is 53.1 Å². The predicted octanol–water partition coefficient (Wildman–Crippen LogP) is 2.97. The fourth-order valence-corrected chi connectivity index (χ4v) is 4.84. The van der Waals surface area contributed by atoms with E-state index in [-0.39, 0.29) is 10.9 Å². The summed E-state index contributed by atoms with van der Waals surface area (Å²) in [6, 6.07) is 2.85. The summed E-state index contributed by atoms with van der Waals surface area (Å²) in [5.41, 5.74) is 0.823. The number of aromatic carboxylic acids is 1. The van der Waals surface area contributed by atoms with Gasteiger partial charge in [0.25, 0.3) is 0 Å². The van der Waals surface area contributed by atoms with Crippen LogP contribution in [0.15, 0.2) is 35.0 Å². The fraction of sp³-hybridized carbons (Fsp3) is 0.300. The molecule has 0 saturated carbocycles. The van der Waals surface area contributed by atoms with Crippen LogP contribution in [0, 0.1) is 12.7 Å². The minimum absolute atomic E-state index is 0.0861. The van der Waals surface area contributed by atoms with Crippen LogP contribution in [0.4, 0.5) is 10.1 Å². The van der Waals surface area contributed by atoms with Gasteiger partial charge in [0, 0.05) is 43.8 Å². The summed E-state index contributed by atoms with van der Waals surface area (Å²) >= 11 is 1.21. The lowest BCUT2D eigenvalue weighted by molar-refractivity contribution is 0.0697. The summed E-state index contributed by atoms with van der Waals surface area (Å²) in [6.07, 6.45) is 1.86. The molecule has 1 fully saturated rings. The molecular formula is C20H20FN3O3S. The molecule has 8 heteroatoms. The van der Waals surface area contributed by atoms with Gasteiger partial charge in [0.15, 0.2) is 0 Å². The molecule has 1 N–H and O–H groups in total. The molecule has 0 bridgehead atoms. The third kappa shape index (κ3) is 2.89. The molecule has 0 amide bonds. The molecule has 0 atom stereocenters. The highest BCUT2D eigenvalue weighted by molar-refractivity contribution is 7.16. The lowest BCUT2D eigenvalue weighted by Gasteiger charge is -2.35. The molecule has 2 aromatic heterocycles. The van der Waals surface area contributed by atoms with E-state index >= 15 is 0 Å². The number of rotatable bonds is 4. The van der Waals surface area contributed by atoms with Crippen LogP contribution in [-0.2, 0) is 0 Å². The van der Waals surface area contributed by atoms with Crippen molar-refractivity contribution in [1.82, 2.24) is 9.30 Å². The van der Waals surface area contributed by atoms with Gasteiger partial charge >= 0.3 is 5.97 Å². The van der Waals surface area contributed by atoms with Crippen molar-refractivity contribution in [1.29, 1.82) is 0 Å². The summed E-state index contributed by atoms with van der Waals surface area (Å²) in [4.78, 5) is 29.0. The van der Waals surface area contributed by atoms with Gasteiger partial charge in [-0.3, -0.25) is 9.69 Å². The molecule has 0 aliphatic carbocycles. The highest BCUT2D eigenvalue weighted by Crippen LogP contribution is 2.30. The Balaban J connectivity index is 1.89. The van der Waals surface area contributed by atoms with Crippen molar-refractivity contribution in [2.24, 2.45) is 0 Å². The third-order valence-electron chi connectivity index (χ3n) is 5.20. The van der Waals surface area contributed by atoms with Gasteiger partial charge in [-0.15, -0.1) is 17.9 Å². The highest BCUT2D eigenvalue weighted by atomic mass is 32.1. The maximum atomic E-state index is 14.9. The fourth-order valence-electron chi connectivity index (χ4n) is 3.81. The summed E-state index contributed by atoms with van der Waals surface area (Å²) in [6.45, 7) is 9.34. The number of pyridine rings is 1. The molecule has 6 nitrogen and oxygen atoms in total. The Bertz CT molecular complexity index is 1160. The quantitative estimate of drug-likeness (QED) is 0.681. The number of aromatic nitrogens is 1. The number of thiazole rings is 1. The molecule has 28 heavy (non-hydrogen) atoms. The molecule has 1 aliphatic rings. The lowest BCUT2D eigenvalue weighted by Crippen LogP contribution is -2.46. The van der Waals surface area contributed by atoms with E-state index in [1.165, 1.54) is 17.4 Å². The monoisotopic (exact) mass is 401 g/mol. The number of fused-ring (bicyclic) bond motifs is 3. The minimum Gasteiger partial charge on any atom is -0.477 e. The highest BCUT2D eigenvalue weighted by Gasteiger charge is 2.24. The van der Waals surface area contributed by atoms with Crippen LogP contribution in [0.3, 0.4) is 0 Å². The van der Waals surface area contributed by atoms with Crippen molar-refractivity contribution in [2.45, 2.75) is 6.92 Å². The van der Waals surface area contributed by atoms with Crippen LogP contribution in [0.2, 0.25) is 0 Å². The largest absolute Gasteiger partial charge is 0.477 e. The van der Waals surface area contributed by atoms with Gasteiger partial charge < -0.3 is 14.4 Å². The van der Waals surface area contributed by atoms with Crippen molar-refractivity contribution >= 4 is 38.7 Å². The number of carboxylic acids is 1. The Morgan fingerprint density at radius 2 is 2.04 bits per heavy atom. The van der Waals surface area contributed by atoms with E-state index in [0.717, 1.165) is 25.3 Å².